The monoisotopic (exact) mass is 458 g/mol. The molecule has 0 fully saturated rings. The van der Waals surface area contributed by atoms with E-state index < -0.39 is 6.04 Å². The van der Waals surface area contributed by atoms with E-state index >= 15 is 0 Å². The molecule has 0 aliphatic heterocycles. The van der Waals surface area contributed by atoms with Gasteiger partial charge in [0.2, 0.25) is 5.91 Å². The number of hydrogen-bond acceptors (Lipinski definition) is 3. The Bertz CT molecular complexity index is 1230. The Labute approximate surface area is 197 Å². The van der Waals surface area contributed by atoms with Crippen molar-refractivity contribution in [2.75, 3.05) is 5.32 Å². The summed E-state index contributed by atoms with van der Waals surface area (Å²) in [5.41, 5.74) is 2.94. The summed E-state index contributed by atoms with van der Waals surface area (Å²) in [7, 11) is 0. The minimum Gasteiger partial charge on any atom is -0.345 e. The van der Waals surface area contributed by atoms with Crippen LogP contribution in [0.15, 0.2) is 97.6 Å². The third kappa shape index (κ3) is 6.08. The van der Waals surface area contributed by atoms with Crippen LogP contribution in [-0.2, 0) is 11.3 Å². The third-order valence-corrected chi connectivity index (χ3v) is 5.48. The van der Waals surface area contributed by atoms with E-state index in [2.05, 4.69) is 15.6 Å². The first-order valence-electron chi connectivity index (χ1n) is 10.5. The molecule has 0 bridgehead atoms. The van der Waals surface area contributed by atoms with Crippen molar-refractivity contribution >= 4 is 29.1 Å². The number of rotatable bonds is 8. The van der Waals surface area contributed by atoms with Crippen molar-refractivity contribution in [3.8, 4) is 0 Å². The van der Waals surface area contributed by atoms with Crippen LogP contribution in [0.3, 0.4) is 0 Å². The molecule has 0 spiro atoms. The van der Waals surface area contributed by atoms with Crippen molar-refractivity contribution < 1.29 is 9.59 Å². The lowest BCUT2D eigenvalue weighted by atomic mass is 10.0. The second-order valence-corrected chi connectivity index (χ2v) is 8.01. The molecule has 3 aromatic carbocycles. The van der Waals surface area contributed by atoms with Crippen molar-refractivity contribution in [2.45, 2.75) is 19.0 Å². The third-order valence-electron chi connectivity index (χ3n) is 5.15. The summed E-state index contributed by atoms with van der Waals surface area (Å²) in [5.74, 6) is -0.535. The van der Waals surface area contributed by atoms with E-state index in [0.29, 0.717) is 22.8 Å². The maximum absolute atomic E-state index is 12.9. The Morgan fingerprint density at radius 2 is 1.76 bits per heavy atom. The van der Waals surface area contributed by atoms with E-state index in [1.165, 1.54) is 0 Å². The van der Waals surface area contributed by atoms with Crippen molar-refractivity contribution in [2.24, 2.45) is 0 Å². The number of aromatic nitrogens is 2. The molecule has 1 atom stereocenters. The molecular weight excluding hydrogens is 436 g/mol. The first kappa shape index (κ1) is 22.3. The summed E-state index contributed by atoms with van der Waals surface area (Å²) in [6.07, 6.45) is 5.44. The number of amides is 2. The zero-order valence-corrected chi connectivity index (χ0v) is 18.6. The summed E-state index contributed by atoms with van der Waals surface area (Å²) in [6, 6.07) is 23.4. The van der Waals surface area contributed by atoms with Gasteiger partial charge in [-0.1, -0.05) is 66.2 Å². The predicted octanol–water partition coefficient (Wildman–Crippen LogP) is 5.08. The molecule has 1 aromatic heterocycles. The molecule has 166 valence electrons. The molecule has 6 nitrogen and oxygen atoms in total. The van der Waals surface area contributed by atoms with Crippen LogP contribution in [0.1, 0.15) is 33.9 Å². The summed E-state index contributed by atoms with van der Waals surface area (Å²) in [4.78, 5) is 29.8. The minimum absolute atomic E-state index is 0.0754. The van der Waals surface area contributed by atoms with Gasteiger partial charge < -0.3 is 15.2 Å². The summed E-state index contributed by atoms with van der Waals surface area (Å²) in [5, 5.41) is 6.26. The Hall–Kier alpha value is -3.90. The van der Waals surface area contributed by atoms with Gasteiger partial charge in [-0.25, -0.2) is 4.98 Å². The highest BCUT2D eigenvalue weighted by atomic mass is 35.5. The summed E-state index contributed by atoms with van der Waals surface area (Å²) in [6.45, 7) is 0.657. The molecule has 2 amide bonds. The fourth-order valence-corrected chi connectivity index (χ4v) is 3.78. The lowest BCUT2D eigenvalue weighted by Crippen LogP contribution is -2.31. The average Bonchev–Trinajstić information content (AvgIpc) is 3.32. The Balaban J connectivity index is 1.46. The zero-order valence-electron chi connectivity index (χ0n) is 17.8. The van der Waals surface area contributed by atoms with Crippen LogP contribution in [-0.4, -0.2) is 21.4 Å². The van der Waals surface area contributed by atoms with E-state index in [9.17, 15) is 9.59 Å². The molecule has 0 aliphatic carbocycles. The van der Waals surface area contributed by atoms with Crippen LogP contribution < -0.4 is 10.6 Å². The molecule has 0 saturated heterocycles. The SMILES string of the molecule is O=C(CC(NC(=O)c1ccccc1Cl)c1ccccc1)Nc1cccc(Cn2ccnc2)c1. The average molecular weight is 459 g/mol. The predicted molar refractivity (Wildman–Crippen MR) is 129 cm³/mol. The number of hydrogen-bond donors (Lipinski definition) is 2. The second-order valence-electron chi connectivity index (χ2n) is 7.60. The molecule has 4 rings (SSSR count). The van der Waals surface area contributed by atoms with Gasteiger partial charge in [0.05, 0.1) is 29.4 Å². The molecule has 0 saturated carbocycles. The van der Waals surface area contributed by atoms with E-state index in [-0.39, 0.29) is 18.2 Å². The van der Waals surface area contributed by atoms with E-state index in [1.807, 2.05) is 65.4 Å². The van der Waals surface area contributed by atoms with Gasteiger partial charge in [0, 0.05) is 24.6 Å². The molecule has 2 N–H and O–H groups in total. The number of nitrogens with one attached hydrogen (secondary N) is 2. The first-order chi connectivity index (χ1) is 16.1. The van der Waals surface area contributed by atoms with Gasteiger partial charge in [-0.15, -0.1) is 0 Å². The van der Waals surface area contributed by atoms with Crippen LogP contribution in [0.4, 0.5) is 5.69 Å². The molecular formula is C26H23ClN4O2. The number of halogens is 1. The molecule has 0 aliphatic rings. The molecule has 1 unspecified atom stereocenters. The van der Waals surface area contributed by atoms with Gasteiger partial charge >= 0.3 is 0 Å². The fourth-order valence-electron chi connectivity index (χ4n) is 3.55. The highest BCUT2D eigenvalue weighted by molar-refractivity contribution is 6.33. The number of nitrogens with zero attached hydrogens (tertiary/aromatic N) is 2. The van der Waals surface area contributed by atoms with Crippen LogP contribution in [0.5, 0.6) is 0 Å². The Morgan fingerprint density at radius 1 is 0.970 bits per heavy atom. The van der Waals surface area contributed by atoms with Crippen molar-refractivity contribution in [3.05, 3.63) is 119 Å². The van der Waals surface area contributed by atoms with Gasteiger partial charge in [0.25, 0.3) is 5.91 Å². The number of anilines is 1. The molecule has 0 radical (unpaired) electrons. The maximum Gasteiger partial charge on any atom is 0.253 e. The normalized spacial score (nSPS) is 11.5. The number of imidazole rings is 1. The first-order valence-corrected chi connectivity index (χ1v) is 10.9. The fraction of sp³-hybridized carbons (Fsp3) is 0.115. The highest BCUT2D eigenvalue weighted by Gasteiger charge is 2.20. The zero-order chi connectivity index (χ0) is 23.0. The van der Waals surface area contributed by atoms with Crippen LogP contribution >= 0.6 is 11.6 Å². The smallest absolute Gasteiger partial charge is 0.253 e. The van der Waals surface area contributed by atoms with Gasteiger partial charge in [-0.3, -0.25) is 9.59 Å². The van der Waals surface area contributed by atoms with Crippen LogP contribution in [0.25, 0.3) is 0 Å². The van der Waals surface area contributed by atoms with Gasteiger partial charge in [-0.2, -0.15) is 0 Å². The number of carbonyl (C=O) groups is 2. The van der Waals surface area contributed by atoms with E-state index in [0.717, 1.165) is 11.1 Å². The van der Waals surface area contributed by atoms with Crippen LogP contribution in [0.2, 0.25) is 5.02 Å². The van der Waals surface area contributed by atoms with E-state index in [4.69, 9.17) is 11.6 Å². The van der Waals surface area contributed by atoms with Gasteiger partial charge in [0.1, 0.15) is 0 Å². The maximum atomic E-state index is 12.9. The molecule has 1 heterocycles. The molecule has 7 heteroatoms. The summed E-state index contributed by atoms with van der Waals surface area (Å²) >= 11 is 6.18. The van der Waals surface area contributed by atoms with Gasteiger partial charge in [-0.05, 0) is 35.4 Å². The van der Waals surface area contributed by atoms with Gasteiger partial charge in [0.15, 0.2) is 0 Å². The molecule has 33 heavy (non-hydrogen) atoms. The highest BCUT2D eigenvalue weighted by Crippen LogP contribution is 2.21. The van der Waals surface area contributed by atoms with E-state index in [1.54, 1.807) is 36.8 Å². The topological polar surface area (TPSA) is 76.0 Å². The number of benzene rings is 3. The standard InChI is InChI=1S/C26H23ClN4O2/c27-23-12-5-4-11-22(23)26(33)30-24(20-8-2-1-3-9-20)16-25(32)29-21-10-6-7-19(15-21)17-31-14-13-28-18-31/h1-15,18,24H,16-17H2,(H,29,32)(H,30,33). The van der Waals surface area contributed by atoms with Crippen LogP contribution in [0, 0.1) is 0 Å². The lowest BCUT2D eigenvalue weighted by molar-refractivity contribution is -0.116. The minimum atomic E-state index is -0.510. The lowest BCUT2D eigenvalue weighted by Gasteiger charge is -2.19. The summed E-state index contributed by atoms with van der Waals surface area (Å²) < 4.78 is 1.95. The molecule has 4 aromatic rings. The second kappa shape index (κ2) is 10.6. The van der Waals surface area contributed by atoms with Crippen molar-refractivity contribution in [3.63, 3.8) is 0 Å². The Kier molecular flexibility index (Phi) is 7.17. The Morgan fingerprint density at radius 3 is 2.52 bits per heavy atom. The quantitative estimate of drug-likeness (QED) is 0.386. The largest absolute Gasteiger partial charge is 0.345 e. The van der Waals surface area contributed by atoms with Crippen molar-refractivity contribution in [1.29, 1.82) is 0 Å². The number of carbonyl (C=O) groups excluding carboxylic acids is 2. The van der Waals surface area contributed by atoms with Crippen molar-refractivity contribution in [1.82, 2.24) is 14.9 Å².